The molecule has 1 unspecified atom stereocenters. The van der Waals surface area contributed by atoms with Crippen LogP contribution in [0.5, 0.6) is 0 Å². The molecule has 0 saturated heterocycles. The predicted molar refractivity (Wildman–Crippen MR) is 121 cm³/mol. The molecule has 0 fully saturated rings. The fraction of sp³-hybridized carbons (Fsp3) is 0.652. The number of halogens is 3. The molecule has 0 radical (unpaired) electrons. The van der Waals surface area contributed by atoms with Gasteiger partial charge < -0.3 is 14.6 Å². The van der Waals surface area contributed by atoms with Crippen molar-refractivity contribution < 1.29 is 22.4 Å². The zero-order chi connectivity index (χ0) is 24.0. The second-order valence-electron chi connectivity index (χ2n) is 7.70. The lowest BCUT2D eigenvalue weighted by molar-refractivity contribution is -0.0930. The Morgan fingerprint density at radius 1 is 1.34 bits per heavy atom. The van der Waals surface area contributed by atoms with Crippen LogP contribution in [0.2, 0.25) is 0 Å². The van der Waals surface area contributed by atoms with Crippen LogP contribution < -0.4 is 5.32 Å². The summed E-state index contributed by atoms with van der Waals surface area (Å²) in [5.41, 5.74) is -0.196. The number of allylic oxidation sites excluding steroid dienone is 5. The molecule has 1 atom stereocenters. The van der Waals surface area contributed by atoms with Crippen LogP contribution in [-0.4, -0.2) is 60.6 Å². The van der Waals surface area contributed by atoms with Crippen molar-refractivity contribution in [2.75, 3.05) is 39.4 Å². The third-order valence-electron chi connectivity index (χ3n) is 4.71. The second kappa shape index (κ2) is 15.0. The first-order chi connectivity index (χ1) is 15.2. The largest absolute Gasteiger partial charge is 0.412 e. The van der Waals surface area contributed by atoms with Crippen molar-refractivity contribution in [2.24, 2.45) is 5.92 Å². The van der Waals surface area contributed by atoms with E-state index in [1.54, 1.807) is 0 Å². The van der Waals surface area contributed by atoms with Gasteiger partial charge in [-0.2, -0.15) is 18.2 Å². The average Bonchev–Trinajstić information content (AvgIpc) is 3.18. The fourth-order valence-electron chi connectivity index (χ4n) is 3.13. The minimum atomic E-state index is -4.33. The number of hydrogen-bond donors (Lipinski definition) is 1. The lowest BCUT2D eigenvalue weighted by atomic mass is 10.1. The van der Waals surface area contributed by atoms with E-state index in [1.165, 1.54) is 19.1 Å². The first kappa shape index (κ1) is 28.1. The van der Waals surface area contributed by atoms with E-state index >= 15 is 0 Å². The van der Waals surface area contributed by atoms with Gasteiger partial charge in [-0.1, -0.05) is 43.8 Å². The summed E-state index contributed by atoms with van der Waals surface area (Å²) in [5.74, 6) is 1.18. The van der Waals surface area contributed by atoms with Crippen molar-refractivity contribution in [3.63, 3.8) is 0 Å². The summed E-state index contributed by atoms with van der Waals surface area (Å²) in [6.45, 7) is 16.9. The average molecular weight is 459 g/mol. The summed E-state index contributed by atoms with van der Waals surface area (Å²) in [5, 5.41) is 7.32. The topological polar surface area (TPSA) is 63.4 Å². The first-order valence-electron chi connectivity index (χ1n) is 11.1. The third kappa shape index (κ3) is 11.1. The van der Waals surface area contributed by atoms with E-state index in [4.69, 9.17) is 9.26 Å². The number of alkyl halides is 3. The molecular weight excluding hydrogens is 421 g/mol. The number of ether oxygens (including phenoxy) is 1. The lowest BCUT2D eigenvalue weighted by Crippen LogP contribution is -2.34. The molecule has 0 aromatic carbocycles. The summed E-state index contributed by atoms with van der Waals surface area (Å²) in [7, 11) is 0. The summed E-state index contributed by atoms with van der Waals surface area (Å²) < 4.78 is 49.0. The number of aromatic nitrogens is 2. The fourth-order valence-corrected chi connectivity index (χ4v) is 3.13. The van der Waals surface area contributed by atoms with E-state index in [0.717, 1.165) is 45.3 Å². The van der Waals surface area contributed by atoms with Crippen LogP contribution in [0.1, 0.15) is 52.3 Å². The van der Waals surface area contributed by atoms with E-state index in [-0.39, 0.29) is 12.2 Å². The molecule has 1 heterocycles. The van der Waals surface area contributed by atoms with Crippen molar-refractivity contribution in [3.8, 4) is 0 Å². The molecule has 9 heteroatoms. The van der Waals surface area contributed by atoms with Gasteiger partial charge in [0.05, 0.1) is 13.2 Å². The molecule has 1 aromatic heterocycles. The number of nitrogens with one attached hydrogen (secondary N) is 1. The number of hydrogen-bond acceptors (Lipinski definition) is 6. The van der Waals surface area contributed by atoms with Gasteiger partial charge in [0.25, 0.3) is 0 Å². The number of rotatable bonds is 16. The van der Waals surface area contributed by atoms with Crippen LogP contribution in [0.4, 0.5) is 13.2 Å². The second-order valence-corrected chi connectivity index (χ2v) is 7.70. The molecule has 1 rings (SSSR count). The van der Waals surface area contributed by atoms with Gasteiger partial charge in [-0.15, -0.1) is 0 Å². The van der Waals surface area contributed by atoms with Crippen molar-refractivity contribution >= 4 is 5.57 Å². The van der Waals surface area contributed by atoms with Gasteiger partial charge in [-0.3, -0.25) is 4.90 Å². The Morgan fingerprint density at radius 2 is 2.09 bits per heavy atom. The standard InChI is InChI=1S/C23H37F3N4O2/c1-6-13-30(16-18(4)15-27-12-14-31-8-3)17-21-28-22(29-32-21)19(5)10-9-11-20(7-2)23(24,25)26/h7,9-10,18,27H,5-6,8,11-17H2,1-4H3. The highest BCUT2D eigenvalue weighted by Crippen LogP contribution is 2.28. The zero-order valence-electron chi connectivity index (χ0n) is 19.7. The maximum atomic E-state index is 12.8. The SMILES string of the molecule is C=C(C=CCC(=CC)C(F)(F)F)c1noc(CN(CCC)CC(C)CNCCOCC)n1. The molecular formula is C23H37F3N4O2. The minimum Gasteiger partial charge on any atom is -0.380 e. The summed E-state index contributed by atoms with van der Waals surface area (Å²) in [4.78, 5) is 6.62. The Kier molecular flexibility index (Phi) is 13.1. The molecule has 0 spiro atoms. The van der Waals surface area contributed by atoms with Gasteiger partial charge in [0.1, 0.15) is 0 Å². The van der Waals surface area contributed by atoms with Gasteiger partial charge in [0.15, 0.2) is 0 Å². The van der Waals surface area contributed by atoms with Crippen molar-refractivity contribution in [2.45, 2.75) is 53.3 Å². The van der Waals surface area contributed by atoms with Crippen molar-refractivity contribution in [3.05, 3.63) is 42.1 Å². The predicted octanol–water partition coefficient (Wildman–Crippen LogP) is 5.01. The van der Waals surface area contributed by atoms with E-state index < -0.39 is 11.7 Å². The van der Waals surface area contributed by atoms with E-state index in [9.17, 15) is 13.2 Å². The van der Waals surface area contributed by atoms with Gasteiger partial charge in [0.2, 0.25) is 11.7 Å². The van der Waals surface area contributed by atoms with Gasteiger partial charge in [-0.25, -0.2) is 0 Å². The Labute approximate surface area is 189 Å². The quantitative estimate of drug-likeness (QED) is 0.213. The van der Waals surface area contributed by atoms with E-state index in [1.807, 2.05) is 6.92 Å². The van der Waals surface area contributed by atoms with Crippen LogP contribution in [0.3, 0.4) is 0 Å². The molecule has 0 saturated carbocycles. The van der Waals surface area contributed by atoms with Crippen molar-refractivity contribution in [1.29, 1.82) is 0 Å². The molecule has 0 aliphatic rings. The normalized spacial score (nSPS) is 13.9. The van der Waals surface area contributed by atoms with E-state index in [2.05, 4.69) is 40.8 Å². The van der Waals surface area contributed by atoms with Crippen LogP contribution in [0, 0.1) is 5.92 Å². The summed E-state index contributed by atoms with van der Waals surface area (Å²) in [6.07, 6.45) is 0.391. The lowest BCUT2D eigenvalue weighted by Gasteiger charge is -2.24. The maximum absolute atomic E-state index is 12.8. The Balaban J connectivity index is 2.58. The molecule has 0 aliphatic heterocycles. The third-order valence-corrected chi connectivity index (χ3v) is 4.71. The molecule has 0 aliphatic carbocycles. The minimum absolute atomic E-state index is 0.232. The molecule has 1 aromatic rings. The highest BCUT2D eigenvalue weighted by molar-refractivity contribution is 5.66. The summed E-state index contributed by atoms with van der Waals surface area (Å²) >= 11 is 0. The van der Waals surface area contributed by atoms with Crippen molar-refractivity contribution in [1.82, 2.24) is 20.4 Å². The monoisotopic (exact) mass is 458 g/mol. The van der Waals surface area contributed by atoms with Gasteiger partial charge in [0, 0.05) is 30.8 Å². The number of nitrogens with zero attached hydrogens (tertiary/aromatic N) is 3. The van der Waals surface area contributed by atoms with Crippen LogP contribution in [-0.2, 0) is 11.3 Å². The molecule has 0 bridgehead atoms. The highest BCUT2D eigenvalue weighted by atomic mass is 19.4. The molecule has 182 valence electrons. The Hall–Kier alpha value is -1.97. The Bertz CT molecular complexity index is 729. The van der Waals surface area contributed by atoms with Crippen LogP contribution in [0.25, 0.3) is 5.57 Å². The van der Waals surface area contributed by atoms with Gasteiger partial charge >= 0.3 is 6.18 Å². The van der Waals surface area contributed by atoms with Gasteiger partial charge in [-0.05, 0) is 45.7 Å². The Morgan fingerprint density at radius 3 is 2.72 bits per heavy atom. The van der Waals surface area contributed by atoms with E-state index in [0.29, 0.717) is 30.5 Å². The van der Waals surface area contributed by atoms with Crippen LogP contribution in [0.15, 0.2) is 34.9 Å². The van der Waals surface area contributed by atoms with Crippen LogP contribution >= 0.6 is 0 Å². The smallest absolute Gasteiger partial charge is 0.380 e. The maximum Gasteiger partial charge on any atom is 0.412 e. The molecule has 32 heavy (non-hydrogen) atoms. The molecule has 0 amide bonds. The summed E-state index contributed by atoms with van der Waals surface area (Å²) in [6, 6.07) is 0. The molecule has 6 nitrogen and oxygen atoms in total. The molecule has 1 N–H and O–H groups in total. The first-order valence-corrected chi connectivity index (χ1v) is 11.1. The highest BCUT2D eigenvalue weighted by Gasteiger charge is 2.31. The zero-order valence-corrected chi connectivity index (χ0v) is 19.7.